The van der Waals surface area contributed by atoms with Crippen LogP contribution in [0.1, 0.15) is 21.7 Å². The zero-order valence-corrected chi connectivity index (χ0v) is 17.0. The van der Waals surface area contributed by atoms with Crippen molar-refractivity contribution in [1.82, 2.24) is 9.55 Å². The molecule has 2 aromatic carbocycles. The first-order chi connectivity index (χ1) is 13.5. The molecule has 140 valence electrons. The number of amides is 1. The van der Waals surface area contributed by atoms with Crippen molar-refractivity contribution in [2.45, 2.75) is 13.8 Å². The van der Waals surface area contributed by atoms with Crippen LogP contribution in [0.5, 0.6) is 0 Å². The van der Waals surface area contributed by atoms with Crippen LogP contribution < -0.4 is 5.32 Å². The Morgan fingerprint density at radius 2 is 1.61 bits per heavy atom. The maximum atomic E-state index is 12.6. The Morgan fingerprint density at radius 1 is 0.964 bits per heavy atom. The van der Waals surface area contributed by atoms with Crippen molar-refractivity contribution in [3.63, 3.8) is 0 Å². The summed E-state index contributed by atoms with van der Waals surface area (Å²) in [6, 6.07) is 19.2. The third-order valence-electron chi connectivity index (χ3n) is 4.52. The van der Waals surface area contributed by atoms with Crippen LogP contribution in [0.2, 0.25) is 5.02 Å². The number of rotatable bonds is 4. The molecule has 2 heterocycles. The summed E-state index contributed by atoms with van der Waals surface area (Å²) < 4.78 is 2.15. The molecular formula is C22H18ClN3OS. The van der Waals surface area contributed by atoms with E-state index in [0.717, 1.165) is 28.3 Å². The van der Waals surface area contributed by atoms with Crippen molar-refractivity contribution in [1.29, 1.82) is 0 Å². The van der Waals surface area contributed by atoms with Crippen LogP contribution in [0.25, 0.3) is 16.9 Å². The van der Waals surface area contributed by atoms with Crippen molar-refractivity contribution in [2.24, 2.45) is 0 Å². The Bertz CT molecular complexity index is 1110. The minimum Gasteiger partial charge on any atom is -0.319 e. The van der Waals surface area contributed by atoms with E-state index in [4.69, 9.17) is 11.6 Å². The Hall–Kier alpha value is -2.89. The third-order valence-corrected chi connectivity index (χ3v) is 5.53. The lowest BCUT2D eigenvalue weighted by molar-refractivity contribution is 0.102. The maximum Gasteiger partial charge on any atom is 0.257 e. The molecule has 0 aliphatic heterocycles. The molecule has 4 aromatic rings. The average Bonchev–Trinajstić information content (AvgIpc) is 3.29. The molecule has 0 atom stereocenters. The zero-order valence-electron chi connectivity index (χ0n) is 15.4. The number of anilines is 1. The van der Waals surface area contributed by atoms with Gasteiger partial charge in [0.25, 0.3) is 5.91 Å². The molecule has 0 saturated heterocycles. The highest BCUT2D eigenvalue weighted by atomic mass is 35.5. The van der Waals surface area contributed by atoms with Crippen LogP contribution >= 0.6 is 22.9 Å². The monoisotopic (exact) mass is 407 g/mol. The fraction of sp³-hybridized carbons (Fsp3) is 0.0909. The highest BCUT2D eigenvalue weighted by Gasteiger charge is 2.11. The number of nitrogens with one attached hydrogen (secondary N) is 1. The standard InChI is InChI=1S/C22H18ClN3OS/c1-14-3-4-15(2)26(14)19-11-7-17(8-12-19)21(27)25-22-24-20(13-28-22)16-5-9-18(23)10-6-16/h3-13H,1-2H3,(H,24,25,27). The third kappa shape index (κ3) is 3.72. The van der Waals surface area contributed by atoms with Gasteiger partial charge in [0.05, 0.1) is 5.69 Å². The van der Waals surface area contributed by atoms with Crippen LogP contribution in [0.15, 0.2) is 66.0 Å². The fourth-order valence-corrected chi connectivity index (χ4v) is 3.93. The number of nitrogens with zero attached hydrogens (tertiary/aromatic N) is 2. The molecule has 2 aromatic heterocycles. The highest BCUT2D eigenvalue weighted by molar-refractivity contribution is 7.14. The number of carbonyl (C=O) groups is 1. The molecule has 0 fully saturated rings. The molecule has 0 aliphatic carbocycles. The van der Waals surface area contributed by atoms with Gasteiger partial charge in [-0.05, 0) is 62.4 Å². The van der Waals surface area contributed by atoms with Crippen LogP contribution in [-0.4, -0.2) is 15.5 Å². The number of carbonyl (C=O) groups excluding carboxylic acids is 1. The van der Waals surface area contributed by atoms with Gasteiger partial charge in [0.2, 0.25) is 0 Å². The maximum absolute atomic E-state index is 12.6. The number of thiazole rings is 1. The SMILES string of the molecule is Cc1ccc(C)n1-c1ccc(C(=O)Nc2nc(-c3ccc(Cl)cc3)cs2)cc1. The number of hydrogen-bond donors (Lipinski definition) is 1. The molecule has 6 heteroatoms. The summed E-state index contributed by atoms with van der Waals surface area (Å²) in [5, 5.41) is 6.04. The number of benzene rings is 2. The first kappa shape index (κ1) is 18.5. The molecule has 4 rings (SSSR count). The van der Waals surface area contributed by atoms with E-state index in [-0.39, 0.29) is 5.91 Å². The molecule has 1 amide bonds. The topological polar surface area (TPSA) is 46.9 Å². The van der Waals surface area contributed by atoms with Crippen molar-refractivity contribution >= 4 is 34.0 Å². The van der Waals surface area contributed by atoms with Crippen molar-refractivity contribution < 1.29 is 4.79 Å². The van der Waals surface area contributed by atoms with Gasteiger partial charge in [0, 0.05) is 38.6 Å². The Labute approximate surface area is 172 Å². The minimum atomic E-state index is -0.176. The second kappa shape index (κ2) is 7.62. The molecule has 0 spiro atoms. The second-order valence-corrected chi connectivity index (χ2v) is 7.79. The first-order valence-corrected chi connectivity index (χ1v) is 10.1. The molecule has 28 heavy (non-hydrogen) atoms. The first-order valence-electron chi connectivity index (χ1n) is 8.79. The molecule has 0 bridgehead atoms. The van der Waals surface area contributed by atoms with Crippen LogP contribution in [0, 0.1) is 13.8 Å². The van der Waals surface area contributed by atoms with E-state index in [1.807, 2.05) is 53.9 Å². The number of hydrogen-bond acceptors (Lipinski definition) is 3. The van der Waals surface area contributed by atoms with Gasteiger partial charge in [0.15, 0.2) is 5.13 Å². The summed E-state index contributed by atoms with van der Waals surface area (Å²) in [6.07, 6.45) is 0. The predicted octanol–water partition coefficient (Wildman–Crippen LogP) is 6.12. The minimum absolute atomic E-state index is 0.176. The molecular weight excluding hydrogens is 390 g/mol. The summed E-state index contributed by atoms with van der Waals surface area (Å²) >= 11 is 7.32. The van der Waals surface area contributed by atoms with Crippen LogP contribution in [0.3, 0.4) is 0 Å². The van der Waals surface area contributed by atoms with Gasteiger partial charge >= 0.3 is 0 Å². The van der Waals surface area contributed by atoms with Gasteiger partial charge in [-0.1, -0.05) is 23.7 Å². The van der Waals surface area contributed by atoms with E-state index < -0.39 is 0 Å². The summed E-state index contributed by atoms with van der Waals surface area (Å²) in [6.45, 7) is 4.13. The Kier molecular flexibility index (Phi) is 5.03. The van der Waals surface area contributed by atoms with Gasteiger partial charge in [0.1, 0.15) is 0 Å². The molecule has 0 unspecified atom stereocenters. The van der Waals surface area contributed by atoms with Gasteiger partial charge in [-0.2, -0.15) is 0 Å². The smallest absolute Gasteiger partial charge is 0.257 e. The van der Waals surface area contributed by atoms with Gasteiger partial charge in [-0.15, -0.1) is 11.3 Å². The van der Waals surface area contributed by atoms with E-state index in [0.29, 0.717) is 15.7 Å². The highest BCUT2D eigenvalue weighted by Crippen LogP contribution is 2.26. The van der Waals surface area contributed by atoms with Gasteiger partial charge < -0.3 is 4.57 Å². The molecule has 4 nitrogen and oxygen atoms in total. The zero-order chi connectivity index (χ0) is 19.7. The van der Waals surface area contributed by atoms with E-state index in [1.165, 1.54) is 11.3 Å². The van der Waals surface area contributed by atoms with Gasteiger partial charge in [-0.25, -0.2) is 4.98 Å². The lowest BCUT2D eigenvalue weighted by Gasteiger charge is -2.10. The van der Waals surface area contributed by atoms with Crippen molar-refractivity contribution in [3.05, 3.63) is 88.0 Å². The Morgan fingerprint density at radius 3 is 2.25 bits per heavy atom. The van der Waals surface area contributed by atoms with E-state index in [1.54, 1.807) is 0 Å². The molecule has 0 aliphatic rings. The summed E-state index contributed by atoms with van der Waals surface area (Å²) in [5.41, 5.74) is 5.72. The van der Waals surface area contributed by atoms with E-state index in [9.17, 15) is 4.79 Å². The Balaban J connectivity index is 1.49. The van der Waals surface area contributed by atoms with E-state index >= 15 is 0 Å². The fourth-order valence-electron chi connectivity index (χ4n) is 3.09. The van der Waals surface area contributed by atoms with Crippen molar-refractivity contribution in [3.8, 4) is 16.9 Å². The van der Waals surface area contributed by atoms with Crippen LogP contribution in [0.4, 0.5) is 5.13 Å². The largest absolute Gasteiger partial charge is 0.319 e. The predicted molar refractivity (Wildman–Crippen MR) is 116 cm³/mol. The summed E-state index contributed by atoms with van der Waals surface area (Å²) in [5.74, 6) is -0.176. The summed E-state index contributed by atoms with van der Waals surface area (Å²) in [7, 11) is 0. The second-order valence-electron chi connectivity index (χ2n) is 6.50. The molecule has 0 saturated carbocycles. The normalized spacial score (nSPS) is 10.8. The number of aromatic nitrogens is 2. The summed E-state index contributed by atoms with van der Waals surface area (Å²) in [4.78, 5) is 17.1. The molecule has 0 radical (unpaired) electrons. The molecule has 1 N–H and O–H groups in total. The number of aryl methyl sites for hydroxylation is 2. The average molecular weight is 408 g/mol. The van der Waals surface area contributed by atoms with Crippen LogP contribution in [-0.2, 0) is 0 Å². The number of halogens is 1. The lowest BCUT2D eigenvalue weighted by Crippen LogP contribution is -2.11. The van der Waals surface area contributed by atoms with Gasteiger partial charge in [-0.3, -0.25) is 10.1 Å². The van der Waals surface area contributed by atoms with Crippen molar-refractivity contribution in [2.75, 3.05) is 5.32 Å². The van der Waals surface area contributed by atoms with E-state index in [2.05, 4.69) is 40.8 Å². The lowest BCUT2D eigenvalue weighted by atomic mass is 10.2. The quantitative estimate of drug-likeness (QED) is 0.442.